The van der Waals surface area contributed by atoms with Gasteiger partial charge >= 0.3 is 0 Å². The van der Waals surface area contributed by atoms with E-state index in [1.165, 1.54) is 11.8 Å². The van der Waals surface area contributed by atoms with Gasteiger partial charge in [0.25, 0.3) is 0 Å². The van der Waals surface area contributed by atoms with Gasteiger partial charge in [-0.25, -0.2) is 9.97 Å². The average molecular weight is 450 g/mol. The van der Waals surface area contributed by atoms with Crippen molar-refractivity contribution in [1.82, 2.24) is 9.97 Å². The first kappa shape index (κ1) is 22.9. The molecule has 1 atom stereocenters. The summed E-state index contributed by atoms with van der Waals surface area (Å²) in [6.45, 7) is 2.31. The van der Waals surface area contributed by atoms with Gasteiger partial charge in [-0.2, -0.15) is 0 Å². The molecule has 9 heteroatoms. The fourth-order valence-electron chi connectivity index (χ4n) is 3.24. The number of methoxy groups -OCH3 is 3. The number of benzene rings is 1. The normalized spacial score (nSPS) is 15.7. The van der Waals surface area contributed by atoms with Gasteiger partial charge in [0.1, 0.15) is 16.6 Å². The summed E-state index contributed by atoms with van der Waals surface area (Å²) in [4.78, 5) is 24.7. The predicted octanol–water partition coefficient (Wildman–Crippen LogP) is 3.73. The Bertz CT molecular complexity index is 856. The van der Waals surface area contributed by atoms with Crippen LogP contribution in [0.15, 0.2) is 34.4 Å². The maximum atomic E-state index is 13.3. The first-order chi connectivity index (χ1) is 14.6. The Kier molecular flexibility index (Phi) is 8.38. The Morgan fingerprint density at radius 3 is 2.33 bits per heavy atom. The molecule has 3 rings (SSSR count). The van der Waals surface area contributed by atoms with Crippen LogP contribution in [0.1, 0.15) is 27.6 Å². The topological polar surface area (TPSA) is 73.8 Å². The summed E-state index contributed by atoms with van der Waals surface area (Å²) in [6, 6.07) is 7.86. The van der Waals surface area contributed by atoms with Crippen LogP contribution in [0, 0.1) is 0 Å². The Hall–Kier alpha value is -1.81. The maximum absolute atomic E-state index is 13.3. The van der Waals surface area contributed by atoms with E-state index < -0.39 is 0 Å². The molecular formula is C21H27N3O4S2. The van der Waals surface area contributed by atoms with E-state index in [1.807, 2.05) is 30.5 Å². The fraction of sp³-hybridized carbons (Fsp3) is 0.476. The minimum Gasteiger partial charge on any atom is -0.497 e. The van der Waals surface area contributed by atoms with Gasteiger partial charge < -0.3 is 19.1 Å². The van der Waals surface area contributed by atoms with Crippen LogP contribution in [0.5, 0.6) is 5.75 Å². The van der Waals surface area contributed by atoms with Crippen LogP contribution in [0.2, 0.25) is 0 Å². The van der Waals surface area contributed by atoms with Crippen molar-refractivity contribution >= 4 is 35.1 Å². The molecule has 0 saturated carbocycles. The van der Waals surface area contributed by atoms with Crippen molar-refractivity contribution in [3.8, 4) is 5.75 Å². The Morgan fingerprint density at radius 2 is 1.77 bits per heavy atom. The molecule has 1 aliphatic heterocycles. The predicted molar refractivity (Wildman–Crippen MR) is 120 cm³/mol. The summed E-state index contributed by atoms with van der Waals surface area (Å²) in [5.41, 5.74) is 1.69. The molecule has 1 aliphatic rings. The number of carbonyl (C=O) groups excluding carboxylic acids is 1. The molecule has 1 aromatic heterocycles. The number of thioether (sulfide) groups is 2. The first-order valence-electron chi connectivity index (χ1n) is 9.63. The van der Waals surface area contributed by atoms with E-state index in [4.69, 9.17) is 19.2 Å². The van der Waals surface area contributed by atoms with E-state index in [9.17, 15) is 4.79 Å². The van der Waals surface area contributed by atoms with E-state index >= 15 is 0 Å². The lowest BCUT2D eigenvalue weighted by atomic mass is 10.0. The number of rotatable bonds is 10. The summed E-state index contributed by atoms with van der Waals surface area (Å²) in [5.74, 6) is 1.53. The number of hydrogen-bond acceptors (Lipinski definition) is 9. The average Bonchev–Trinajstić information content (AvgIpc) is 2.78. The quantitative estimate of drug-likeness (QED) is 0.306. The molecule has 0 amide bonds. The van der Waals surface area contributed by atoms with Crippen LogP contribution >= 0.6 is 23.5 Å². The highest BCUT2D eigenvalue weighted by molar-refractivity contribution is 8.00. The molecule has 1 unspecified atom stereocenters. The monoisotopic (exact) mass is 449 g/mol. The largest absolute Gasteiger partial charge is 0.497 e. The zero-order valence-corrected chi connectivity index (χ0v) is 19.3. The second-order valence-electron chi connectivity index (χ2n) is 6.69. The van der Waals surface area contributed by atoms with E-state index in [0.717, 1.165) is 16.3 Å². The van der Waals surface area contributed by atoms with Crippen molar-refractivity contribution in [2.75, 3.05) is 58.8 Å². The van der Waals surface area contributed by atoms with Gasteiger partial charge in [0, 0.05) is 39.0 Å². The fourth-order valence-corrected chi connectivity index (χ4v) is 4.91. The highest BCUT2D eigenvalue weighted by atomic mass is 32.2. The molecule has 162 valence electrons. The smallest absolute Gasteiger partial charge is 0.190 e. The molecule has 7 nitrogen and oxygen atoms in total. The van der Waals surface area contributed by atoms with Crippen molar-refractivity contribution in [3.63, 3.8) is 0 Å². The zero-order chi connectivity index (χ0) is 21.5. The van der Waals surface area contributed by atoms with Gasteiger partial charge in [-0.05, 0) is 24.0 Å². The van der Waals surface area contributed by atoms with E-state index in [0.29, 0.717) is 49.3 Å². The number of hydrogen-bond donors (Lipinski definition) is 0. The van der Waals surface area contributed by atoms with Crippen LogP contribution in [-0.2, 0) is 9.47 Å². The van der Waals surface area contributed by atoms with Crippen molar-refractivity contribution in [2.24, 2.45) is 0 Å². The Labute approximate surface area is 185 Å². The highest BCUT2D eigenvalue weighted by Crippen LogP contribution is 2.46. The van der Waals surface area contributed by atoms with E-state index in [2.05, 4.69) is 9.88 Å². The van der Waals surface area contributed by atoms with Crippen molar-refractivity contribution in [2.45, 2.75) is 21.9 Å². The van der Waals surface area contributed by atoms with Crippen LogP contribution in [-0.4, -0.2) is 69.6 Å². The van der Waals surface area contributed by atoms with Crippen molar-refractivity contribution in [1.29, 1.82) is 0 Å². The van der Waals surface area contributed by atoms with Crippen LogP contribution < -0.4 is 9.64 Å². The molecule has 30 heavy (non-hydrogen) atoms. The van der Waals surface area contributed by atoms with Gasteiger partial charge in [0.2, 0.25) is 0 Å². The van der Waals surface area contributed by atoms with Crippen molar-refractivity contribution < 1.29 is 19.0 Å². The molecule has 1 aromatic carbocycles. The molecule has 0 bridgehead atoms. The number of ether oxygens (including phenoxy) is 3. The molecule has 2 heterocycles. The zero-order valence-electron chi connectivity index (χ0n) is 17.7. The molecule has 0 N–H and O–H groups in total. The third kappa shape index (κ3) is 5.26. The van der Waals surface area contributed by atoms with Gasteiger partial charge in [0.05, 0.1) is 25.9 Å². The third-order valence-corrected chi connectivity index (χ3v) is 6.63. The number of ketones is 1. The number of Topliss-reactive ketones (excluding diaryl/α,β-unsaturated/α-hetero) is 1. The maximum Gasteiger partial charge on any atom is 0.190 e. The summed E-state index contributed by atoms with van der Waals surface area (Å²) < 4.78 is 15.8. The van der Waals surface area contributed by atoms with Crippen molar-refractivity contribution in [3.05, 3.63) is 35.4 Å². The summed E-state index contributed by atoms with van der Waals surface area (Å²) in [6.07, 6.45) is 2.35. The molecule has 0 fully saturated rings. The SMILES string of the molecule is COCCN(CCOC)c1nc(SC)nc2c1C(=O)CC(c1ccc(OC)cc1)S2. The number of aromatic nitrogens is 2. The molecular weight excluding hydrogens is 422 g/mol. The van der Waals surface area contributed by atoms with Gasteiger partial charge in [-0.15, -0.1) is 0 Å². The summed E-state index contributed by atoms with van der Waals surface area (Å²) in [5, 5.41) is 1.40. The number of anilines is 1. The molecule has 0 spiro atoms. The highest BCUT2D eigenvalue weighted by Gasteiger charge is 2.33. The Balaban J connectivity index is 1.97. The standard InChI is InChI=1S/C21H27N3O4S2/c1-26-11-9-24(10-12-27-2)19-18-16(25)13-17(14-5-7-15(28-3)8-6-14)30-20(18)23-21(22-19)29-4/h5-8,17H,9-13H2,1-4H3. The van der Waals surface area contributed by atoms with Crippen LogP contribution in [0.3, 0.4) is 0 Å². The van der Waals surface area contributed by atoms with Gasteiger partial charge in [-0.3, -0.25) is 4.79 Å². The van der Waals surface area contributed by atoms with Crippen LogP contribution in [0.25, 0.3) is 0 Å². The van der Waals surface area contributed by atoms with Gasteiger partial charge in [-0.1, -0.05) is 35.7 Å². The van der Waals surface area contributed by atoms with E-state index in [-0.39, 0.29) is 11.0 Å². The molecule has 0 radical (unpaired) electrons. The minimum absolute atomic E-state index is 0.0137. The number of carbonyl (C=O) groups is 1. The molecule has 0 aliphatic carbocycles. The Morgan fingerprint density at radius 1 is 1.10 bits per heavy atom. The number of nitrogens with zero attached hydrogens (tertiary/aromatic N) is 3. The summed E-state index contributed by atoms with van der Waals surface area (Å²) in [7, 11) is 4.97. The van der Waals surface area contributed by atoms with Gasteiger partial charge in [0.15, 0.2) is 10.9 Å². The van der Waals surface area contributed by atoms with Crippen LogP contribution in [0.4, 0.5) is 5.82 Å². The molecule has 2 aromatic rings. The lowest BCUT2D eigenvalue weighted by Gasteiger charge is -2.29. The second-order valence-corrected chi connectivity index (χ2v) is 8.66. The molecule has 0 saturated heterocycles. The summed E-state index contributed by atoms with van der Waals surface area (Å²) >= 11 is 3.09. The van der Waals surface area contributed by atoms with E-state index in [1.54, 1.807) is 33.1 Å². The lowest BCUT2D eigenvalue weighted by molar-refractivity contribution is 0.0975. The first-order valence-corrected chi connectivity index (χ1v) is 11.7. The lowest BCUT2D eigenvalue weighted by Crippen LogP contribution is -2.34. The second kappa shape index (κ2) is 11.0. The minimum atomic E-state index is 0.0137. The number of fused-ring (bicyclic) bond motifs is 1. The third-order valence-electron chi connectivity index (χ3n) is 4.84.